The average molecular weight is 323 g/mol. The van der Waals surface area contributed by atoms with Gasteiger partial charge in [-0.15, -0.1) is 0 Å². The van der Waals surface area contributed by atoms with Gasteiger partial charge in [0.2, 0.25) is 0 Å². The van der Waals surface area contributed by atoms with Crippen molar-refractivity contribution < 1.29 is 13.9 Å². The molecule has 2 nitrogen and oxygen atoms in total. The van der Waals surface area contributed by atoms with E-state index < -0.39 is 5.82 Å². The van der Waals surface area contributed by atoms with Crippen LogP contribution >= 0.6 is 15.9 Å². The van der Waals surface area contributed by atoms with Gasteiger partial charge in [-0.25, -0.2) is 4.39 Å². The fourth-order valence-corrected chi connectivity index (χ4v) is 2.21. The number of Topliss-reactive ketones (excluding diaryl/α,β-unsaturated/α-hetero) is 1. The summed E-state index contributed by atoms with van der Waals surface area (Å²) in [6.45, 7) is 0. The van der Waals surface area contributed by atoms with Crippen molar-refractivity contribution in [3.8, 4) is 5.75 Å². The first-order valence-corrected chi connectivity index (χ1v) is 6.50. The van der Waals surface area contributed by atoms with E-state index in [1.165, 1.54) is 25.3 Å². The molecule has 0 aliphatic rings. The zero-order chi connectivity index (χ0) is 13.8. The predicted molar refractivity (Wildman–Crippen MR) is 75.1 cm³/mol. The van der Waals surface area contributed by atoms with Gasteiger partial charge in [-0.3, -0.25) is 4.79 Å². The van der Waals surface area contributed by atoms with Gasteiger partial charge in [0, 0.05) is 16.5 Å². The molecule has 0 aromatic heterocycles. The van der Waals surface area contributed by atoms with Crippen molar-refractivity contribution in [1.29, 1.82) is 0 Å². The van der Waals surface area contributed by atoms with E-state index in [-0.39, 0.29) is 18.0 Å². The second-order valence-corrected chi connectivity index (χ2v) is 4.99. The van der Waals surface area contributed by atoms with Crippen LogP contribution in [0.3, 0.4) is 0 Å². The van der Waals surface area contributed by atoms with Crippen LogP contribution in [0.1, 0.15) is 15.9 Å². The van der Waals surface area contributed by atoms with E-state index in [0.29, 0.717) is 5.56 Å². The Morgan fingerprint density at radius 2 is 2.05 bits per heavy atom. The number of hydrogen-bond donors (Lipinski definition) is 0. The summed E-state index contributed by atoms with van der Waals surface area (Å²) < 4.78 is 19.1. The number of halogens is 2. The first-order chi connectivity index (χ1) is 9.10. The lowest BCUT2D eigenvalue weighted by molar-refractivity contribution is 0.0992. The number of hydrogen-bond acceptors (Lipinski definition) is 2. The summed E-state index contributed by atoms with van der Waals surface area (Å²) in [6.07, 6.45) is 0.272. The van der Waals surface area contributed by atoms with Crippen molar-refractivity contribution in [1.82, 2.24) is 0 Å². The Morgan fingerprint density at radius 1 is 1.26 bits per heavy atom. The number of carbonyl (C=O) groups is 1. The van der Waals surface area contributed by atoms with Gasteiger partial charge in [0.25, 0.3) is 0 Å². The summed E-state index contributed by atoms with van der Waals surface area (Å²) in [4.78, 5) is 12.1. The van der Waals surface area contributed by atoms with Crippen molar-refractivity contribution in [2.24, 2.45) is 0 Å². The third-order valence-corrected chi connectivity index (χ3v) is 3.22. The van der Waals surface area contributed by atoms with Crippen LogP contribution in [0, 0.1) is 5.82 Å². The van der Waals surface area contributed by atoms with Crippen molar-refractivity contribution >= 4 is 21.7 Å². The second-order valence-electron chi connectivity index (χ2n) is 4.08. The molecular weight excluding hydrogens is 311 g/mol. The third-order valence-electron chi connectivity index (χ3n) is 2.73. The number of methoxy groups -OCH3 is 1. The molecule has 0 bridgehead atoms. The Bertz CT molecular complexity index is 611. The molecule has 0 amide bonds. The van der Waals surface area contributed by atoms with Gasteiger partial charge >= 0.3 is 0 Å². The smallest absolute Gasteiger partial charge is 0.167 e. The summed E-state index contributed by atoms with van der Waals surface area (Å²) in [7, 11) is 1.38. The maximum atomic E-state index is 13.3. The van der Waals surface area contributed by atoms with E-state index in [1.807, 2.05) is 24.3 Å². The molecule has 19 heavy (non-hydrogen) atoms. The highest BCUT2D eigenvalue weighted by molar-refractivity contribution is 9.10. The van der Waals surface area contributed by atoms with Gasteiger partial charge in [-0.1, -0.05) is 28.1 Å². The predicted octanol–water partition coefficient (Wildman–Crippen LogP) is 4.02. The fourth-order valence-electron chi connectivity index (χ4n) is 1.77. The molecule has 2 aromatic rings. The minimum absolute atomic E-state index is 0.0728. The summed E-state index contributed by atoms with van der Waals surface area (Å²) >= 11 is 3.36. The van der Waals surface area contributed by atoms with E-state index >= 15 is 0 Å². The molecule has 0 N–H and O–H groups in total. The monoisotopic (exact) mass is 322 g/mol. The maximum absolute atomic E-state index is 13.3. The van der Waals surface area contributed by atoms with Crippen LogP contribution in [0.4, 0.5) is 4.39 Å². The molecule has 0 spiro atoms. The fraction of sp³-hybridized carbons (Fsp3) is 0.133. The van der Waals surface area contributed by atoms with Gasteiger partial charge in [0.05, 0.1) is 7.11 Å². The summed E-state index contributed by atoms with van der Waals surface area (Å²) in [5.74, 6) is -0.460. The molecule has 0 saturated carbocycles. The number of rotatable bonds is 4. The Morgan fingerprint density at radius 3 is 2.74 bits per heavy atom. The lowest BCUT2D eigenvalue weighted by Crippen LogP contribution is -2.04. The molecule has 0 fully saturated rings. The van der Waals surface area contributed by atoms with Gasteiger partial charge in [-0.05, 0) is 35.9 Å². The second kappa shape index (κ2) is 5.97. The van der Waals surface area contributed by atoms with Gasteiger partial charge in [0.15, 0.2) is 17.3 Å². The summed E-state index contributed by atoms with van der Waals surface area (Å²) in [5, 5.41) is 0. The number of ketones is 1. The Balaban J connectivity index is 2.20. The Hall–Kier alpha value is -1.68. The molecule has 2 rings (SSSR count). The molecule has 0 unspecified atom stereocenters. The highest BCUT2D eigenvalue weighted by atomic mass is 79.9. The minimum Gasteiger partial charge on any atom is -0.494 e. The molecule has 0 radical (unpaired) electrons. The largest absolute Gasteiger partial charge is 0.494 e. The van der Waals surface area contributed by atoms with Gasteiger partial charge in [0.1, 0.15) is 0 Å². The minimum atomic E-state index is -0.471. The molecule has 2 aromatic carbocycles. The SMILES string of the molecule is COc1cc(C(=O)Cc2cccc(Br)c2)ccc1F. The number of ether oxygens (including phenoxy) is 1. The zero-order valence-electron chi connectivity index (χ0n) is 10.3. The van der Waals surface area contributed by atoms with E-state index in [0.717, 1.165) is 10.0 Å². The number of carbonyl (C=O) groups excluding carboxylic acids is 1. The molecule has 0 saturated heterocycles. The first-order valence-electron chi connectivity index (χ1n) is 5.71. The highest BCUT2D eigenvalue weighted by Crippen LogP contribution is 2.20. The van der Waals surface area contributed by atoms with Crippen LogP contribution < -0.4 is 4.74 Å². The van der Waals surface area contributed by atoms with Crippen LogP contribution in [0.5, 0.6) is 5.75 Å². The third kappa shape index (κ3) is 3.41. The quantitative estimate of drug-likeness (QED) is 0.795. The summed E-state index contributed by atoms with van der Waals surface area (Å²) in [5.41, 5.74) is 1.35. The summed E-state index contributed by atoms with van der Waals surface area (Å²) in [6, 6.07) is 11.7. The molecule has 98 valence electrons. The van der Waals surface area contributed by atoms with Crippen LogP contribution in [0.15, 0.2) is 46.9 Å². The standard InChI is InChI=1S/C15H12BrFO2/c1-19-15-9-11(5-6-13(15)17)14(18)8-10-3-2-4-12(16)7-10/h2-7,9H,8H2,1H3. The molecule has 0 aliphatic heterocycles. The van der Waals surface area contributed by atoms with Crippen LogP contribution in [-0.4, -0.2) is 12.9 Å². The molecule has 4 heteroatoms. The number of benzene rings is 2. The van der Waals surface area contributed by atoms with Crippen molar-refractivity contribution in [3.63, 3.8) is 0 Å². The normalized spacial score (nSPS) is 10.3. The van der Waals surface area contributed by atoms with E-state index in [1.54, 1.807) is 0 Å². The molecular formula is C15H12BrFO2. The lowest BCUT2D eigenvalue weighted by atomic mass is 10.0. The van der Waals surface area contributed by atoms with E-state index in [9.17, 15) is 9.18 Å². The molecule has 0 heterocycles. The van der Waals surface area contributed by atoms with Crippen LogP contribution in [-0.2, 0) is 6.42 Å². The first kappa shape index (κ1) is 13.7. The van der Waals surface area contributed by atoms with Crippen LogP contribution in [0.25, 0.3) is 0 Å². The van der Waals surface area contributed by atoms with Crippen molar-refractivity contribution in [2.45, 2.75) is 6.42 Å². The maximum Gasteiger partial charge on any atom is 0.167 e. The van der Waals surface area contributed by atoms with Crippen molar-refractivity contribution in [3.05, 3.63) is 63.9 Å². The Labute approximate surface area is 119 Å². The Kier molecular flexibility index (Phi) is 4.32. The van der Waals surface area contributed by atoms with Gasteiger partial charge in [-0.2, -0.15) is 0 Å². The highest BCUT2D eigenvalue weighted by Gasteiger charge is 2.11. The lowest BCUT2D eigenvalue weighted by Gasteiger charge is -2.05. The van der Waals surface area contributed by atoms with Crippen LogP contribution in [0.2, 0.25) is 0 Å². The van der Waals surface area contributed by atoms with E-state index in [4.69, 9.17) is 4.74 Å². The van der Waals surface area contributed by atoms with Crippen molar-refractivity contribution in [2.75, 3.05) is 7.11 Å². The van der Waals surface area contributed by atoms with E-state index in [2.05, 4.69) is 15.9 Å². The average Bonchev–Trinajstić information content (AvgIpc) is 2.39. The molecule has 0 aliphatic carbocycles. The van der Waals surface area contributed by atoms with Gasteiger partial charge < -0.3 is 4.74 Å². The molecule has 0 atom stereocenters. The topological polar surface area (TPSA) is 26.3 Å². The zero-order valence-corrected chi connectivity index (χ0v) is 11.9.